The van der Waals surface area contributed by atoms with Gasteiger partial charge in [-0.3, -0.25) is 0 Å². The highest BCUT2D eigenvalue weighted by Gasteiger charge is 2.48. The lowest BCUT2D eigenvalue weighted by Crippen LogP contribution is -2.35. The third-order valence-corrected chi connectivity index (χ3v) is 6.99. The molecule has 0 saturated heterocycles. The van der Waals surface area contributed by atoms with E-state index < -0.39 is 0 Å². The van der Waals surface area contributed by atoms with Gasteiger partial charge in [-0.1, -0.05) is 5.16 Å². The quantitative estimate of drug-likeness (QED) is 0.615. The fourth-order valence-corrected chi connectivity index (χ4v) is 6.02. The number of nitrogens with two attached hydrogens (primary N) is 1. The molecule has 0 radical (unpaired) electrons. The summed E-state index contributed by atoms with van der Waals surface area (Å²) in [5, 5.41) is 14.9. The van der Waals surface area contributed by atoms with Gasteiger partial charge in [-0.05, 0) is 61.8 Å². The molecule has 0 fully saturated rings. The number of fused-ring (bicyclic) bond motifs is 4. The van der Waals surface area contributed by atoms with Gasteiger partial charge in [-0.2, -0.15) is 5.26 Å². The number of anilines is 1. The molecule has 6 nitrogen and oxygen atoms in total. The van der Waals surface area contributed by atoms with Gasteiger partial charge >= 0.3 is 0 Å². The van der Waals surface area contributed by atoms with E-state index >= 15 is 0 Å². The van der Waals surface area contributed by atoms with E-state index in [1.54, 1.807) is 23.6 Å². The molecule has 5 rings (SSSR count). The number of halogens is 1. The fraction of sp³-hybridized carbons (Fsp3) is 0.368. The zero-order valence-corrected chi connectivity index (χ0v) is 16.0. The van der Waals surface area contributed by atoms with Crippen LogP contribution in [0.3, 0.4) is 0 Å². The lowest BCUT2D eigenvalue weighted by molar-refractivity contribution is 0.265. The monoisotopic (exact) mass is 397 g/mol. The smallest absolute Gasteiger partial charge is 0.222 e. The van der Waals surface area contributed by atoms with Crippen molar-refractivity contribution in [3.8, 4) is 17.5 Å². The second kappa shape index (κ2) is 6.04. The van der Waals surface area contributed by atoms with Crippen LogP contribution >= 0.6 is 22.9 Å². The van der Waals surface area contributed by atoms with Crippen molar-refractivity contribution in [1.29, 1.82) is 5.26 Å². The van der Waals surface area contributed by atoms with E-state index in [0.29, 0.717) is 16.3 Å². The third-order valence-electron chi connectivity index (χ3n) is 5.73. The Balaban J connectivity index is 1.73. The minimum atomic E-state index is -0.317. The number of nitrogen functional groups attached to an aromatic ring is 1. The van der Waals surface area contributed by atoms with E-state index in [2.05, 4.69) is 21.2 Å². The molecule has 0 aromatic carbocycles. The molecule has 1 spiro atoms. The maximum atomic E-state index is 9.74. The summed E-state index contributed by atoms with van der Waals surface area (Å²) in [6.45, 7) is 0. The Morgan fingerprint density at radius 1 is 1.30 bits per heavy atom. The van der Waals surface area contributed by atoms with Crippen LogP contribution in [0.15, 0.2) is 16.8 Å². The minimum absolute atomic E-state index is 0.187. The van der Waals surface area contributed by atoms with Crippen LogP contribution in [-0.2, 0) is 18.3 Å². The first-order valence-corrected chi connectivity index (χ1v) is 10.1. The molecule has 3 aromatic rings. The van der Waals surface area contributed by atoms with Crippen molar-refractivity contribution in [3.05, 3.63) is 44.9 Å². The molecule has 2 aliphatic carbocycles. The van der Waals surface area contributed by atoms with E-state index in [9.17, 15) is 5.26 Å². The van der Waals surface area contributed by atoms with Crippen molar-refractivity contribution < 1.29 is 4.52 Å². The highest BCUT2D eigenvalue weighted by molar-refractivity contribution is 7.16. The molecule has 2 aliphatic rings. The van der Waals surface area contributed by atoms with Crippen molar-refractivity contribution in [1.82, 2.24) is 15.1 Å². The Hall–Kier alpha value is -2.43. The number of nitriles is 1. The molecule has 0 saturated carbocycles. The summed E-state index contributed by atoms with van der Waals surface area (Å²) in [5.74, 6) is 0.869. The summed E-state index contributed by atoms with van der Waals surface area (Å²) in [5.41, 5.74) is 10.0. The van der Waals surface area contributed by atoms with Gasteiger partial charge < -0.3 is 10.3 Å². The average Bonchev–Trinajstić information content (AvgIpc) is 3.24. The Labute approximate surface area is 165 Å². The maximum absolute atomic E-state index is 9.74. The standard InChI is InChI=1S/C19H16ClN5OS/c20-18-23-8-5-12(24-18)15-10-3-1-6-19(16(10)26-25-15)7-2-4-13-14(19)11(9-21)17(22)27-13/h5,8H,1-4,6-7,22H2/t19-/m0/s1. The molecule has 3 heterocycles. The number of hydrogen-bond donors (Lipinski definition) is 1. The summed E-state index contributed by atoms with van der Waals surface area (Å²) < 4.78 is 5.94. The molecule has 0 aliphatic heterocycles. The van der Waals surface area contributed by atoms with Gasteiger partial charge in [0, 0.05) is 16.6 Å². The van der Waals surface area contributed by atoms with Crippen molar-refractivity contribution in [2.75, 3.05) is 5.73 Å². The van der Waals surface area contributed by atoms with Crippen LogP contribution < -0.4 is 5.73 Å². The van der Waals surface area contributed by atoms with Crippen LogP contribution in [0.4, 0.5) is 5.00 Å². The van der Waals surface area contributed by atoms with E-state index in [0.717, 1.165) is 61.1 Å². The minimum Gasteiger partial charge on any atom is -0.389 e. The van der Waals surface area contributed by atoms with E-state index in [1.165, 1.54) is 4.88 Å². The van der Waals surface area contributed by atoms with Gasteiger partial charge in [0.1, 0.15) is 16.8 Å². The topological polar surface area (TPSA) is 102 Å². The van der Waals surface area contributed by atoms with Crippen LogP contribution in [0, 0.1) is 11.3 Å². The van der Waals surface area contributed by atoms with Crippen LogP contribution in [-0.4, -0.2) is 15.1 Å². The molecule has 136 valence electrons. The molecule has 0 unspecified atom stereocenters. The van der Waals surface area contributed by atoms with Gasteiger partial charge in [-0.15, -0.1) is 11.3 Å². The number of aromatic nitrogens is 3. The number of thiophene rings is 1. The fourth-order valence-electron chi connectivity index (χ4n) is 4.71. The second-order valence-corrected chi connectivity index (χ2v) is 8.57. The Bertz CT molecular complexity index is 1090. The normalized spacial score (nSPS) is 20.9. The van der Waals surface area contributed by atoms with Crippen molar-refractivity contribution >= 4 is 27.9 Å². The van der Waals surface area contributed by atoms with Crippen LogP contribution in [0.25, 0.3) is 11.4 Å². The maximum Gasteiger partial charge on any atom is 0.222 e. The molecule has 2 N–H and O–H groups in total. The summed E-state index contributed by atoms with van der Waals surface area (Å²) in [6, 6.07) is 4.13. The molecular weight excluding hydrogens is 382 g/mol. The van der Waals surface area contributed by atoms with Crippen molar-refractivity contribution in [2.45, 2.75) is 43.9 Å². The predicted octanol–water partition coefficient (Wildman–Crippen LogP) is 4.26. The number of nitrogens with zero attached hydrogens (tertiary/aromatic N) is 4. The predicted molar refractivity (Wildman–Crippen MR) is 103 cm³/mol. The molecule has 0 amide bonds. The Kier molecular flexibility index (Phi) is 3.74. The van der Waals surface area contributed by atoms with E-state index in [1.807, 2.05) is 0 Å². The van der Waals surface area contributed by atoms with Crippen LogP contribution in [0.1, 0.15) is 53.0 Å². The molecule has 8 heteroatoms. The van der Waals surface area contributed by atoms with Gasteiger partial charge in [0.15, 0.2) is 5.76 Å². The number of rotatable bonds is 1. The lowest BCUT2D eigenvalue weighted by atomic mass is 9.63. The van der Waals surface area contributed by atoms with Crippen LogP contribution in [0.5, 0.6) is 0 Å². The van der Waals surface area contributed by atoms with E-state index in [4.69, 9.17) is 21.9 Å². The van der Waals surface area contributed by atoms with Gasteiger partial charge in [0.25, 0.3) is 0 Å². The molecule has 1 atom stereocenters. The third kappa shape index (κ3) is 2.33. The summed E-state index contributed by atoms with van der Waals surface area (Å²) in [6.07, 6.45) is 7.39. The average molecular weight is 398 g/mol. The molecule has 27 heavy (non-hydrogen) atoms. The van der Waals surface area contributed by atoms with E-state index in [-0.39, 0.29) is 10.7 Å². The second-order valence-electron chi connectivity index (χ2n) is 7.09. The van der Waals surface area contributed by atoms with Gasteiger partial charge in [0.2, 0.25) is 5.28 Å². The SMILES string of the molecule is N#Cc1c(N)sc2c1[C@@]1(CCC2)CCCc2c(-c3ccnc(Cl)n3)noc21. The highest BCUT2D eigenvalue weighted by atomic mass is 35.5. The largest absolute Gasteiger partial charge is 0.389 e. The Morgan fingerprint density at radius 3 is 2.89 bits per heavy atom. The first-order chi connectivity index (χ1) is 13.1. The zero-order chi connectivity index (χ0) is 18.6. The zero-order valence-electron chi connectivity index (χ0n) is 14.5. The highest BCUT2D eigenvalue weighted by Crippen LogP contribution is 2.55. The Morgan fingerprint density at radius 2 is 2.11 bits per heavy atom. The molecular formula is C19H16ClN5OS. The molecule has 3 aromatic heterocycles. The summed E-state index contributed by atoms with van der Waals surface area (Å²) >= 11 is 7.51. The van der Waals surface area contributed by atoms with Crippen LogP contribution in [0.2, 0.25) is 5.28 Å². The summed E-state index contributed by atoms with van der Waals surface area (Å²) in [7, 11) is 0. The van der Waals surface area contributed by atoms with Crippen molar-refractivity contribution in [3.63, 3.8) is 0 Å². The van der Waals surface area contributed by atoms with Gasteiger partial charge in [0.05, 0.1) is 16.7 Å². The first-order valence-electron chi connectivity index (χ1n) is 8.94. The van der Waals surface area contributed by atoms with Gasteiger partial charge in [-0.25, -0.2) is 9.97 Å². The molecule has 0 bridgehead atoms. The lowest BCUT2D eigenvalue weighted by Gasteiger charge is -2.39. The number of aryl methyl sites for hydroxylation is 1. The number of hydrogen-bond acceptors (Lipinski definition) is 7. The first kappa shape index (κ1) is 16.7. The van der Waals surface area contributed by atoms with Crippen molar-refractivity contribution in [2.24, 2.45) is 0 Å². The summed E-state index contributed by atoms with van der Waals surface area (Å²) in [4.78, 5) is 9.46.